The van der Waals surface area contributed by atoms with Crippen molar-refractivity contribution in [1.82, 2.24) is 0 Å². The van der Waals surface area contributed by atoms with Gasteiger partial charge in [0, 0.05) is 39.5 Å². The average Bonchev–Trinajstić information content (AvgIpc) is 2.87. The maximum Gasteiger partial charge on any atom is 0.244 e. The van der Waals surface area contributed by atoms with Gasteiger partial charge in [-0.3, -0.25) is 19.2 Å². The van der Waals surface area contributed by atoms with Gasteiger partial charge in [0.1, 0.15) is 38.7 Å². The maximum absolute atomic E-state index is 12.0. The molecule has 0 bridgehead atoms. The molecule has 0 radical (unpaired) electrons. The van der Waals surface area contributed by atoms with E-state index < -0.39 is 23.1 Å². The van der Waals surface area contributed by atoms with Gasteiger partial charge in [-0.25, -0.2) is 0 Å². The first-order chi connectivity index (χ1) is 18.2. The van der Waals surface area contributed by atoms with Gasteiger partial charge in [0.2, 0.25) is 23.1 Å². The van der Waals surface area contributed by atoms with Crippen LogP contribution in [-0.4, -0.2) is 44.5 Å². The molecule has 0 atom stereocenters. The van der Waals surface area contributed by atoms with Crippen LogP contribution in [0.2, 0.25) is 0 Å². The fourth-order valence-electron chi connectivity index (χ4n) is 5.27. The molecule has 0 unspecified atom stereocenters. The number of hydrogen-bond acceptors (Lipinski definition) is 8. The third-order valence-corrected chi connectivity index (χ3v) is 8.09. The van der Waals surface area contributed by atoms with Crippen LogP contribution in [-0.2, 0) is 22.4 Å². The minimum atomic E-state index is -0.716. The van der Waals surface area contributed by atoms with Gasteiger partial charge in [0.15, 0.2) is 0 Å². The summed E-state index contributed by atoms with van der Waals surface area (Å²) in [6.07, 6.45) is 3.97. The number of fused-ring (bicyclic) bond motifs is 6. The van der Waals surface area contributed by atoms with Gasteiger partial charge in [-0.05, 0) is 93.6 Å². The van der Waals surface area contributed by atoms with E-state index in [-0.39, 0.29) is 38.3 Å². The molecule has 202 valence electrons. The van der Waals surface area contributed by atoms with Gasteiger partial charge >= 0.3 is 0 Å². The van der Waals surface area contributed by atoms with Crippen LogP contribution < -0.4 is 9.47 Å². The Morgan fingerprint density at radius 3 is 1.74 bits per heavy atom. The predicted molar refractivity (Wildman–Crippen MR) is 147 cm³/mol. The number of ether oxygens (including phenoxy) is 2. The van der Waals surface area contributed by atoms with Crippen molar-refractivity contribution in [2.24, 2.45) is 0 Å². The molecule has 39 heavy (non-hydrogen) atoms. The number of carbonyl (C=O) groups is 4. The second-order valence-electron chi connectivity index (χ2n) is 11.2. The highest BCUT2D eigenvalue weighted by Gasteiger charge is 2.37. The number of carbonyl (C=O) groups excluding carboxylic acids is 4. The molecule has 2 aliphatic heterocycles. The number of benzene rings is 2. The van der Waals surface area contributed by atoms with E-state index in [9.17, 15) is 29.4 Å². The lowest BCUT2D eigenvalue weighted by molar-refractivity contribution is -0.111. The standard InChI is InChI=1S/C15H13BrO4.C15H14O4/c1-15(2)6-5-7-9(20-15)4-3-8-10(7)13(18)11(16)14(19)12(8)17;1-15(2)6-5-8-12(19-15)4-3-9-13(8)10(16)7-11(17)14(9)18/h3-4,18H,5-6H2,1-2H3;3-4,7,16H,5-6H2,1-2H3. The third-order valence-electron chi connectivity index (χ3n) is 7.35. The van der Waals surface area contributed by atoms with E-state index in [2.05, 4.69) is 15.9 Å². The summed E-state index contributed by atoms with van der Waals surface area (Å²) in [6.45, 7) is 7.99. The molecule has 0 amide bonds. The number of Topliss-reactive ketones (excluding diaryl/α,β-unsaturated/α-hetero) is 3. The molecule has 0 saturated heterocycles. The quantitative estimate of drug-likeness (QED) is 0.375. The minimum absolute atomic E-state index is 0.0757. The van der Waals surface area contributed by atoms with Crippen molar-refractivity contribution in [3.05, 3.63) is 68.2 Å². The maximum atomic E-state index is 12.0. The molecule has 0 spiro atoms. The normalized spacial score (nSPS) is 20.3. The first-order valence-corrected chi connectivity index (χ1v) is 13.4. The summed E-state index contributed by atoms with van der Waals surface area (Å²) in [5.74, 6) is -1.54. The number of aliphatic hydroxyl groups excluding tert-OH is 2. The van der Waals surface area contributed by atoms with Crippen molar-refractivity contribution >= 4 is 50.6 Å². The zero-order valence-electron chi connectivity index (χ0n) is 21.9. The molecule has 2 aromatic rings. The molecule has 0 saturated carbocycles. The van der Waals surface area contributed by atoms with Crippen molar-refractivity contribution in [2.75, 3.05) is 0 Å². The number of rotatable bonds is 0. The van der Waals surface area contributed by atoms with E-state index in [0.29, 0.717) is 35.5 Å². The van der Waals surface area contributed by atoms with E-state index in [0.717, 1.165) is 30.0 Å². The first kappa shape index (κ1) is 26.9. The van der Waals surface area contributed by atoms with Crippen molar-refractivity contribution < 1.29 is 38.9 Å². The molecule has 0 fully saturated rings. The Balaban J connectivity index is 0.000000158. The van der Waals surface area contributed by atoms with Gasteiger partial charge in [-0.2, -0.15) is 0 Å². The lowest BCUT2D eigenvalue weighted by Gasteiger charge is -2.34. The van der Waals surface area contributed by atoms with Crippen LogP contribution in [0.4, 0.5) is 0 Å². The highest BCUT2D eigenvalue weighted by molar-refractivity contribution is 9.12. The smallest absolute Gasteiger partial charge is 0.244 e. The zero-order valence-corrected chi connectivity index (χ0v) is 23.5. The second kappa shape index (κ2) is 9.19. The molecule has 2 aromatic carbocycles. The third kappa shape index (κ3) is 4.58. The molecule has 2 N–H and O–H groups in total. The van der Waals surface area contributed by atoms with Crippen molar-refractivity contribution in [1.29, 1.82) is 0 Å². The molecule has 0 aromatic heterocycles. The summed E-state index contributed by atoms with van der Waals surface area (Å²) in [5, 5.41) is 20.2. The average molecular weight is 595 g/mol. The lowest BCUT2D eigenvalue weighted by Crippen LogP contribution is -2.34. The second-order valence-corrected chi connectivity index (χ2v) is 12.0. The first-order valence-electron chi connectivity index (χ1n) is 12.6. The summed E-state index contributed by atoms with van der Waals surface area (Å²) in [7, 11) is 0. The molecular formula is C30H27BrO8. The molecule has 2 heterocycles. The fraction of sp³-hybridized carbons (Fsp3) is 0.333. The Kier molecular flexibility index (Phi) is 6.33. The van der Waals surface area contributed by atoms with E-state index in [1.807, 2.05) is 27.7 Å². The number of hydrogen-bond donors (Lipinski definition) is 2. The van der Waals surface area contributed by atoms with Crippen LogP contribution in [0.3, 0.4) is 0 Å². The van der Waals surface area contributed by atoms with E-state index in [4.69, 9.17) is 9.47 Å². The Hall–Kier alpha value is -3.72. The highest BCUT2D eigenvalue weighted by atomic mass is 79.9. The van der Waals surface area contributed by atoms with Crippen molar-refractivity contribution in [3.8, 4) is 11.5 Å². The van der Waals surface area contributed by atoms with Crippen LogP contribution in [0.5, 0.6) is 11.5 Å². The van der Waals surface area contributed by atoms with Gasteiger partial charge in [0.05, 0.1) is 0 Å². The molecular weight excluding hydrogens is 568 g/mol. The Bertz CT molecular complexity index is 1560. The summed E-state index contributed by atoms with van der Waals surface area (Å²) >= 11 is 3.00. The number of halogens is 1. The number of aliphatic hydroxyl groups is 2. The lowest BCUT2D eigenvalue weighted by atomic mass is 9.84. The Labute approximate surface area is 233 Å². The van der Waals surface area contributed by atoms with E-state index in [1.165, 1.54) is 0 Å². The zero-order chi connectivity index (χ0) is 28.4. The Morgan fingerprint density at radius 1 is 0.718 bits per heavy atom. The van der Waals surface area contributed by atoms with Gasteiger partial charge in [0.25, 0.3) is 0 Å². The summed E-state index contributed by atoms with van der Waals surface area (Å²) in [4.78, 5) is 47.0. The largest absolute Gasteiger partial charge is 0.507 e. The molecule has 6 rings (SSSR count). The van der Waals surface area contributed by atoms with Crippen LogP contribution >= 0.6 is 15.9 Å². The SMILES string of the molecule is CC1(C)CCc2c(ccc3c2C(O)=C(Br)C(=O)C3=O)O1.CC1(C)CCc2c(ccc3c2C(O)=CC(=O)C3=O)O1. The summed E-state index contributed by atoms with van der Waals surface area (Å²) in [5.41, 5.74) is 2.47. The van der Waals surface area contributed by atoms with E-state index >= 15 is 0 Å². The summed E-state index contributed by atoms with van der Waals surface area (Å²) in [6, 6.07) is 6.51. The van der Waals surface area contributed by atoms with Gasteiger partial charge in [-0.1, -0.05) is 0 Å². The molecule has 2 aliphatic carbocycles. The fourth-order valence-corrected chi connectivity index (χ4v) is 5.65. The molecule has 8 nitrogen and oxygen atoms in total. The summed E-state index contributed by atoms with van der Waals surface area (Å²) < 4.78 is 11.7. The molecule has 4 aliphatic rings. The topological polar surface area (TPSA) is 127 Å². The van der Waals surface area contributed by atoms with Crippen LogP contribution in [0.1, 0.15) is 83.5 Å². The number of allylic oxidation sites excluding steroid dienone is 2. The van der Waals surface area contributed by atoms with Crippen LogP contribution in [0.15, 0.2) is 34.8 Å². The predicted octanol–water partition coefficient (Wildman–Crippen LogP) is 5.63. The van der Waals surface area contributed by atoms with Crippen LogP contribution in [0.25, 0.3) is 11.5 Å². The monoisotopic (exact) mass is 594 g/mol. The van der Waals surface area contributed by atoms with Crippen molar-refractivity contribution in [2.45, 2.75) is 64.6 Å². The van der Waals surface area contributed by atoms with Crippen molar-refractivity contribution in [3.63, 3.8) is 0 Å². The minimum Gasteiger partial charge on any atom is -0.507 e. The van der Waals surface area contributed by atoms with E-state index in [1.54, 1.807) is 24.3 Å². The molecule has 9 heteroatoms. The van der Waals surface area contributed by atoms with Gasteiger partial charge < -0.3 is 19.7 Å². The Morgan fingerprint density at radius 2 is 1.21 bits per heavy atom. The van der Waals surface area contributed by atoms with Gasteiger partial charge in [-0.15, -0.1) is 0 Å². The van der Waals surface area contributed by atoms with Crippen LogP contribution in [0, 0.1) is 0 Å². The number of ketones is 4. The highest BCUT2D eigenvalue weighted by Crippen LogP contribution is 2.42.